The van der Waals surface area contributed by atoms with E-state index in [1.165, 1.54) is 11.3 Å². The van der Waals surface area contributed by atoms with Crippen LogP contribution in [0, 0.1) is 0 Å². The monoisotopic (exact) mass is 232 g/mol. The highest BCUT2D eigenvalue weighted by Gasteiger charge is 2.10. The van der Waals surface area contributed by atoms with Gasteiger partial charge in [0, 0.05) is 22.9 Å². The summed E-state index contributed by atoms with van der Waals surface area (Å²) in [6.07, 6.45) is 4.96. The molecule has 0 aliphatic carbocycles. The molecule has 0 aliphatic rings. The number of rotatable bonds is 4. The Morgan fingerprint density at radius 3 is 2.75 bits per heavy atom. The molecule has 0 spiro atoms. The second-order valence-electron chi connectivity index (χ2n) is 3.85. The number of aromatic amines is 1. The van der Waals surface area contributed by atoms with Crippen molar-refractivity contribution in [1.82, 2.24) is 9.97 Å². The van der Waals surface area contributed by atoms with Crippen LogP contribution in [0.2, 0.25) is 0 Å². The lowest BCUT2D eigenvalue weighted by atomic mass is 10.1. The van der Waals surface area contributed by atoms with E-state index in [0.29, 0.717) is 5.25 Å². The molecule has 1 aromatic carbocycles. The maximum absolute atomic E-state index is 4.41. The highest BCUT2D eigenvalue weighted by Crippen LogP contribution is 2.22. The summed E-state index contributed by atoms with van der Waals surface area (Å²) in [5, 5.41) is 0.614. The van der Waals surface area contributed by atoms with Crippen LogP contribution in [0.4, 0.5) is 0 Å². The molecule has 84 valence electrons. The van der Waals surface area contributed by atoms with E-state index < -0.39 is 0 Å². The Labute approximate surface area is 101 Å². The predicted molar refractivity (Wildman–Crippen MR) is 70.7 cm³/mol. The minimum absolute atomic E-state index is 0.614. The molecular formula is C13H16N2S. The van der Waals surface area contributed by atoms with Crippen molar-refractivity contribution in [3.8, 4) is 11.3 Å². The molecule has 16 heavy (non-hydrogen) atoms. The number of aromatic nitrogens is 2. The molecule has 0 bridgehead atoms. The Morgan fingerprint density at radius 2 is 2.06 bits per heavy atom. The standard InChI is InChI=1S/C13H16N2S/c1-10(16-2)8-12-13(15-9-14-12)11-6-4-3-5-7-11/h3-7,9-10H,8H2,1-2H3,(H,14,15)/t10-/m1/s1. The van der Waals surface area contributed by atoms with E-state index in [0.717, 1.165) is 12.1 Å². The smallest absolute Gasteiger partial charge is 0.0929 e. The molecule has 0 aliphatic heterocycles. The van der Waals surface area contributed by atoms with Gasteiger partial charge in [-0.25, -0.2) is 4.98 Å². The highest BCUT2D eigenvalue weighted by molar-refractivity contribution is 7.99. The largest absolute Gasteiger partial charge is 0.348 e. The van der Waals surface area contributed by atoms with Crippen molar-refractivity contribution in [1.29, 1.82) is 0 Å². The molecule has 0 fully saturated rings. The van der Waals surface area contributed by atoms with Crippen LogP contribution in [0.1, 0.15) is 12.6 Å². The van der Waals surface area contributed by atoms with Crippen LogP contribution in [-0.2, 0) is 6.42 Å². The first-order valence-corrected chi connectivity index (χ1v) is 6.70. The van der Waals surface area contributed by atoms with Gasteiger partial charge in [-0.05, 0) is 6.26 Å². The third-order valence-corrected chi connectivity index (χ3v) is 3.63. The van der Waals surface area contributed by atoms with Crippen LogP contribution < -0.4 is 0 Å². The first kappa shape index (κ1) is 11.3. The van der Waals surface area contributed by atoms with Gasteiger partial charge >= 0.3 is 0 Å². The average molecular weight is 232 g/mol. The number of benzene rings is 1. The van der Waals surface area contributed by atoms with Gasteiger partial charge in [-0.1, -0.05) is 37.3 Å². The summed E-state index contributed by atoms with van der Waals surface area (Å²) in [5.41, 5.74) is 3.50. The molecule has 2 nitrogen and oxygen atoms in total. The number of hydrogen-bond acceptors (Lipinski definition) is 2. The zero-order valence-corrected chi connectivity index (χ0v) is 10.4. The van der Waals surface area contributed by atoms with Crippen molar-refractivity contribution >= 4 is 11.8 Å². The fourth-order valence-corrected chi connectivity index (χ4v) is 2.03. The van der Waals surface area contributed by atoms with E-state index in [2.05, 4.69) is 35.3 Å². The fraction of sp³-hybridized carbons (Fsp3) is 0.308. The molecule has 1 N–H and O–H groups in total. The summed E-state index contributed by atoms with van der Waals surface area (Å²) >= 11 is 1.88. The SMILES string of the molecule is CS[C@H](C)Cc1[nH]cnc1-c1ccccc1. The Bertz CT molecular complexity index is 436. The van der Waals surface area contributed by atoms with Crippen LogP contribution in [-0.4, -0.2) is 21.5 Å². The molecule has 1 atom stereocenters. The van der Waals surface area contributed by atoms with Gasteiger partial charge in [0.2, 0.25) is 0 Å². The Balaban J connectivity index is 2.26. The van der Waals surface area contributed by atoms with E-state index in [1.54, 1.807) is 6.33 Å². The number of nitrogens with one attached hydrogen (secondary N) is 1. The predicted octanol–water partition coefficient (Wildman–Crippen LogP) is 3.37. The van der Waals surface area contributed by atoms with Crippen LogP contribution in [0.25, 0.3) is 11.3 Å². The molecule has 1 heterocycles. The lowest BCUT2D eigenvalue weighted by Gasteiger charge is -2.08. The molecule has 2 rings (SSSR count). The van der Waals surface area contributed by atoms with Gasteiger partial charge in [0.1, 0.15) is 0 Å². The Hall–Kier alpha value is -1.22. The number of hydrogen-bond donors (Lipinski definition) is 1. The zero-order chi connectivity index (χ0) is 11.4. The molecular weight excluding hydrogens is 216 g/mol. The maximum atomic E-state index is 4.41. The van der Waals surface area contributed by atoms with E-state index in [-0.39, 0.29) is 0 Å². The van der Waals surface area contributed by atoms with Crippen molar-refractivity contribution < 1.29 is 0 Å². The molecule has 0 unspecified atom stereocenters. The van der Waals surface area contributed by atoms with Gasteiger partial charge in [0.05, 0.1) is 12.0 Å². The van der Waals surface area contributed by atoms with Gasteiger partial charge in [0.15, 0.2) is 0 Å². The number of imidazole rings is 1. The highest BCUT2D eigenvalue weighted by atomic mass is 32.2. The second kappa shape index (κ2) is 5.21. The minimum atomic E-state index is 0.614. The van der Waals surface area contributed by atoms with Crippen LogP contribution in [0.15, 0.2) is 36.7 Å². The Morgan fingerprint density at radius 1 is 1.31 bits per heavy atom. The van der Waals surface area contributed by atoms with E-state index >= 15 is 0 Å². The van der Waals surface area contributed by atoms with E-state index in [4.69, 9.17) is 0 Å². The van der Waals surface area contributed by atoms with Gasteiger partial charge in [-0.15, -0.1) is 0 Å². The topological polar surface area (TPSA) is 28.7 Å². The molecule has 3 heteroatoms. The summed E-state index contributed by atoms with van der Waals surface area (Å²) in [6, 6.07) is 10.3. The second-order valence-corrected chi connectivity index (χ2v) is 5.12. The van der Waals surface area contributed by atoms with Crippen LogP contribution in [0.3, 0.4) is 0 Å². The first-order valence-electron chi connectivity index (χ1n) is 5.41. The van der Waals surface area contributed by atoms with Crippen molar-refractivity contribution in [3.63, 3.8) is 0 Å². The average Bonchev–Trinajstić information content (AvgIpc) is 2.78. The molecule has 2 aromatic rings. The van der Waals surface area contributed by atoms with Gasteiger partial charge < -0.3 is 4.98 Å². The number of nitrogens with zero attached hydrogens (tertiary/aromatic N) is 1. The van der Waals surface area contributed by atoms with E-state index in [1.807, 2.05) is 30.0 Å². The molecule has 0 saturated heterocycles. The quantitative estimate of drug-likeness (QED) is 0.875. The third-order valence-electron chi connectivity index (χ3n) is 2.66. The summed E-state index contributed by atoms with van der Waals surface area (Å²) in [6.45, 7) is 2.24. The zero-order valence-electron chi connectivity index (χ0n) is 9.60. The van der Waals surface area contributed by atoms with Gasteiger partial charge in [-0.2, -0.15) is 11.8 Å². The van der Waals surface area contributed by atoms with Gasteiger partial charge in [0.25, 0.3) is 0 Å². The summed E-state index contributed by atoms with van der Waals surface area (Å²) in [5.74, 6) is 0. The van der Waals surface area contributed by atoms with Crippen LogP contribution >= 0.6 is 11.8 Å². The van der Waals surface area contributed by atoms with Crippen molar-refractivity contribution in [2.75, 3.05) is 6.26 Å². The lowest BCUT2D eigenvalue weighted by molar-refractivity contribution is 0.915. The molecule has 0 saturated carbocycles. The van der Waals surface area contributed by atoms with Crippen molar-refractivity contribution in [3.05, 3.63) is 42.4 Å². The summed E-state index contributed by atoms with van der Waals surface area (Å²) < 4.78 is 0. The third kappa shape index (κ3) is 2.47. The van der Waals surface area contributed by atoms with Crippen molar-refractivity contribution in [2.45, 2.75) is 18.6 Å². The van der Waals surface area contributed by atoms with Crippen molar-refractivity contribution in [2.24, 2.45) is 0 Å². The molecule has 0 radical (unpaired) electrons. The normalized spacial score (nSPS) is 12.6. The lowest BCUT2D eigenvalue weighted by Crippen LogP contribution is -2.02. The summed E-state index contributed by atoms with van der Waals surface area (Å²) in [4.78, 5) is 7.65. The maximum Gasteiger partial charge on any atom is 0.0929 e. The minimum Gasteiger partial charge on any atom is -0.348 e. The summed E-state index contributed by atoms with van der Waals surface area (Å²) in [7, 11) is 0. The van der Waals surface area contributed by atoms with Crippen LogP contribution in [0.5, 0.6) is 0 Å². The van der Waals surface area contributed by atoms with E-state index in [9.17, 15) is 0 Å². The number of thioether (sulfide) groups is 1. The fourth-order valence-electron chi connectivity index (χ4n) is 1.69. The number of H-pyrrole nitrogens is 1. The first-order chi connectivity index (χ1) is 7.81. The van der Waals surface area contributed by atoms with Gasteiger partial charge in [-0.3, -0.25) is 0 Å². The molecule has 0 amide bonds. The molecule has 1 aromatic heterocycles. The Kier molecular flexibility index (Phi) is 3.67.